The molecule has 4 nitrogen and oxygen atoms in total. The van der Waals surface area contributed by atoms with Crippen molar-refractivity contribution < 1.29 is 18.1 Å². The van der Waals surface area contributed by atoms with Crippen molar-refractivity contribution in [1.82, 2.24) is 0 Å². The summed E-state index contributed by atoms with van der Waals surface area (Å²) >= 11 is 0. The van der Waals surface area contributed by atoms with Gasteiger partial charge in [-0.3, -0.25) is 0 Å². The van der Waals surface area contributed by atoms with E-state index in [2.05, 4.69) is 60.7 Å². The molecule has 0 bridgehead atoms. The first-order valence-electron chi connectivity index (χ1n) is 12.6. The van der Waals surface area contributed by atoms with Gasteiger partial charge >= 0.3 is 7.82 Å². The molecule has 0 unspecified atom stereocenters. The molecule has 6 heteroatoms. The number of phosphoric acid groups is 1. The summed E-state index contributed by atoms with van der Waals surface area (Å²) in [5, 5.41) is 2.79. The van der Waals surface area contributed by atoms with Crippen LogP contribution in [0.3, 0.4) is 0 Å². The lowest BCUT2D eigenvalue weighted by atomic mass is 10.2. The minimum absolute atomic E-state index is 0.415. The van der Waals surface area contributed by atoms with Gasteiger partial charge in [0.05, 0.1) is 0 Å². The fourth-order valence-corrected chi connectivity index (χ4v) is 5.75. The molecule has 198 valence electrons. The Morgan fingerprint density at radius 1 is 0.436 bits per heavy atom. The van der Waals surface area contributed by atoms with E-state index in [4.69, 9.17) is 13.6 Å². The molecule has 0 aliphatic carbocycles. The third-order valence-electron chi connectivity index (χ3n) is 5.55. The predicted molar refractivity (Wildman–Crippen MR) is 163 cm³/mol. The first-order valence-corrected chi connectivity index (χ1v) is 15.1. The minimum atomic E-state index is -3.93. The molecule has 0 aliphatic rings. The largest absolute Gasteiger partial charge is 0.647 e. The van der Waals surface area contributed by atoms with Crippen molar-refractivity contribution >= 4 is 27.0 Å². The van der Waals surface area contributed by atoms with Crippen molar-refractivity contribution in [2.75, 3.05) is 0 Å². The highest BCUT2D eigenvalue weighted by Gasteiger charge is 2.33. The van der Waals surface area contributed by atoms with E-state index in [-0.39, 0.29) is 0 Å². The van der Waals surface area contributed by atoms with Gasteiger partial charge in [0.2, 0.25) is 0 Å². The van der Waals surface area contributed by atoms with Crippen molar-refractivity contribution in [2.45, 2.75) is 20.8 Å². The van der Waals surface area contributed by atoms with Gasteiger partial charge in [-0.2, -0.15) is 4.57 Å². The monoisotopic (exact) mass is 554 g/mol. The SMILES string of the molecule is Cc1ccc(OP(=O)(Oc2ccc(C)cc2)Oc2ccc(C)cc2)cc1.c1ccc(Pc2ccccc2)cc1. The standard InChI is InChI=1S/C21H21O4P.C12H11P/c1-16-4-10-19(11-5-16)23-26(22,24-20-12-6-17(2)7-13-20)25-21-14-8-18(3)9-15-21;1-3-7-11(8-4-1)13-12-9-5-2-6-10-12/h4-15H,1-3H3;1-10,13H. The molecule has 0 aliphatic heterocycles. The lowest BCUT2D eigenvalue weighted by Gasteiger charge is -2.19. The summed E-state index contributed by atoms with van der Waals surface area (Å²) in [7, 11) is -3.15. The molecule has 5 aromatic rings. The molecular formula is C33H32O4P2. The van der Waals surface area contributed by atoms with Crippen LogP contribution in [-0.4, -0.2) is 0 Å². The highest BCUT2D eigenvalue weighted by molar-refractivity contribution is 7.55. The summed E-state index contributed by atoms with van der Waals surface area (Å²) in [6.07, 6.45) is 0. The number of phosphoric ester groups is 1. The van der Waals surface area contributed by atoms with Gasteiger partial charge in [0.1, 0.15) is 17.2 Å². The molecule has 0 radical (unpaired) electrons. The molecule has 0 atom stereocenters. The van der Waals surface area contributed by atoms with Crippen LogP contribution < -0.4 is 24.2 Å². The van der Waals surface area contributed by atoms with Gasteiger partial charge in [0.25, 0.3) is 0 Å². The van der Waals surface area contributed by atoms with Crippen LogP contribution in [0.4, 0.5) is 0 Å². The number of benzene rings is 5. The highest BCUT2D eigenvalue weighted by Crippen LogP contribution is 2.49. The van der Waals surface area contributed by atoms with Gasteiger partial charge in [0, 0.05) is 0 Å². The number of hydrogen-bond acceptors (Lipinski definition) is 4. The van der Waals surface area contributed by atoms with E-state index >= 15 is 0 Å². The quantitative estimate of drug-likeness (QED) is 0.180. The summed E-state index contributed by atoms with van der Waals surface area (Å²) in [6, 6.07) is 42.8. The Bertz CT molecular complexity index is 1310. The first kappa shape index (κ1) is 28.2. The summed E-state index contributed by atoms with van der Waals surface area (Å²) in [4.78, 5) is 0. The molecule has 0 spiro atoms. The average molecular weight is 555 g/mol. The molecule has 0 heterocycles. The Morgan fingerprint density at radius 2 is 0.718 bits per heavy atom. The fourth-order valence-electron chi connectivity index (χ4n) is 3.45. The second-order valence-corrected chi connectivity index (χ2v) is 11.9. The van der Waals surface area contributed by atoms with Gasteiger partial charge in [-0.05, 0) is 67.8 Å². The smallest absolute Gasteiger partial charge is 0.386 e. The van der Waals surface area contributed by atoms with Gasteiger partial charge in [-0.15, -0.1) is 0 Å². The third-order valence-corrected chi connectivity index (χ3v) is 8.10. The Hall–Kier alpha value is -3.84. The summed E-state index contributed by atoms with van der Waals surface area (Å²) in [5.41, 5.74) is 3.23. The number of rotatable bonds is 8. The van der Waals surface area contributed by atoms with Crippen LogP contribution in [0.25, 0.3) is 0 Å². The van der Waals surface area contributed by atoms with E-state index in [0.717, 1.165) is 25.3 Å². The summed E-state index contributed by atoms with van der Waals surface area (Å²) < 4.78 is 30.2. The highest BCUT2D eigenvalue weighted by atomic mass is 31.2. The summed E-state index contributed by atoms with van der Waals surface area (Å²) in [6.45, 7) is 5.90. The Morgan fingerprint density at radius 3 is 1.00 bits per heavy atom. The maximum Gasteiger partial charge on any atom is 0.647 e. The minimum Gasteiger partial charge on any atom is -0.386 e. The zero-order valence-corrected chi connectivity index (χ0v) is 24.2. The van der Waals surface area contributed by atoms with Crippen LogP contribution in [0, 0.1) is 20.8 Å². The van der Waals surface area contributed by atoms with Gasteiger partial charge in [-0.1, -0.05) is 122 Å². The normalized spacial score (nSPS) is 10.6. The molecule has 0 N–H and O–H groups in total. The Balaban J connectivity index is 0.000000226. The van der Waals surface area contributed by atoms with E-state index < -0.39 is 7.82 Å². The lowest BCUT2D eigenvalue weighted by molar-refractivity contribution is 0.298. The number of aryl methyl sites for hydroxylation is 3. The molecule has 0 saturated heterocycles. The molecule has 5 aromatic carbocycles. The van der Waals surface area contributed by atoms with Crippen LogP contribution in [0.5, 0.6) is 17.2 Å². The predicted octanol–water partition coefficient (Wildman–Crippen LogP) is 8.57. The molecule has 0 saturated carbocycles. The lowest BCUT2D eigenvalue weighted by Crippen LogP contribution is -2.07. The van der Waals surface area contributed by atoms with Gasteiger partial charge in [0.15, 0.2) is 0 Å². The fraction of sp³-hybridized carbons (Fsp3) is 0.0909. The van der Waals surface area contributed by atoms with E-state index in [1.807, 2.05) is 57.2 Å². The second kappa shape index (κ2) is 13.8. The van der Waals surface area contributed by atoms with Crippen molar-refractivity contribution in [1.29, 1.82) is 0 Å². The summed E-state index contributed by atoms with van der Waals surface area (Å²) in [5.74, 6) is 1.24. The zero-order valence-electron chi connectivity index (χ0n) is 22.3. The average Bonchev–Trinajstić information content (AvgIpc) is 2.94. The van der Waals surface area contributed by atoms with Crippen LogP contribution in [-0.2, 0) is 4.57 Å². The molecule has 5 rings (SSSR count). The van der Waals surface area contributed by atoms with E-state index in [1.54, 1.807) is 36.4 Å². The van der Waals surface area contributed by atoms with E-state index in [9.17, 15) is 4.57 Å². The molecule has 0 aromatic heterocycles. The molecule has 39 heavy (non-hydrogen) atoms. The van der Waals surface area contributed by atoms with Crippen LogP contribution in [0.1, 0.15) is 16.7 Å². The maximum absolute atomic E-state index is 13.3. The topological polar surface area (TPSA) is 44.8 Å². The van der Waals surface area contributed by atoms with E-state index in [0.29, 0.717) is 17.2 Å². The zero-order chi connectivity index (χ0) is 27.5. The third kappa shape index (κ3) is 9.45. The van der Waals surface area contributed by atoms with Crippen LogP contribution in [0.2, 0.25) is 0 Å². The first-order chi connectivity index (χ1) is 18.9. The second-order valence-electron chi connectivity index (χ2n) is 9.02. The Kier molecular flexibility index (Phi) is 9.97. The maximum atomic E-state index is 13.3. The van der Waals surface area contributed by atoms with Crippen LogP contribution >= 0.6 is 16.4 Å². The van der Waals surface area contributed by atoms with Crippen molar-refractivity contribution in [2.24, 2.45) is 0 Å². The van der Waals surface area contributed by atoms with Crippen molar-refractivity contribution in [3.63, 3.8) is 0 Å². The van der Waals surface area contributed by atoms with Gasteiger partial charge in [-0.25, -0.2) is 0 Å². The molecule has 0 fully saturated rings. The van der Waals surface area contributed by atoms with Crippen molar-refractivity contribution in [3.8, 4) is 17.2 Å². The van der Waals surface area contributed by atoms with E-state index in [1.165, 1.54) is 10.6 Å². The van der Waals surface area contributed by atoms with Gasteiger partial charge < -0.3 is 13.6 Å². The van der Waals surface area contributed by atoms with Crippen molar-refractivity contribution in [3.05, 3.63) is 150 Å². The number of hydrogen-bond donors (Lipinski definition) is 0. The molecule has 0 amide bonds. The Labute approximate surface area is 233 Å². The van der Waals surface area contributed by atoms with Crippen LogP contribution in [0.15, 0.2) is 133 Å². The molecular weight excluding hydrogens is 522 g/mol.